The second-order valence-corrected chi connectivity index (χ2v) is 6.31. The fourth-order valence-electron chi connectivity index (χ4n) is 1.19. The molecule has 17 heavy (non-hydrogen) atoms. The van der Waals surface area contributed by atoms with E-state index in [1.54, 1.807) is 0 Å². The van der Waals surface area contributed by atoms with Gasteiger partial charge in [0.25, 0.3) is 11.4 Å². The van der Waals surface area contributed by atoms with E-state index >= 15 is 0 Å². The normalized spacial score (nSPS) is 11.2. The molecule has 0 aromatic heterocycles. The highest BCUT2D eigenvalue weighted by Gasteiger charge is 2.20. The minimum absolute atomic E-state index is 0.164. The monoisotopic (exact) mass is 256 g/mol. The summed E-state index contributed by atoms with van der Waals surface area (Å²) in [6.07, 6.45) is 0. The second kappa shape index (κ2) is 4.70. The molecular formula is C10H12N2O4S. The van der Waals surface area contributed by atoms with Crippen molar-refractivity contribution in [3.63, 3.8) is 0 Å². The van der Waals surface area contributed by atoms with Crippen LogP contribution in [0.1, 0.15) is 20.8 Å². The van der Waals surface area contributed by atoms with Crippen LogP contribution in [-0.2, 0) is 0 Å². The SMILES string of the molecule is CC(C)(C)Sc1cc([N+](=O)[O-])cc([N+](=O)[O-])c1. The minimum Gasteiger partial charge on any atom is -0.258 e. The molecule has 0 aliphatic heterocycles. The number of rotatable bonds is 3. The lowest BCUT2D eigenvalue weighted by atomic mass is 10.2. The molecule has 0 fully saturated rings. The van der Waals surface area contributed by atoms with Crippen LogP contribution in [0.15, 0.2) is 23.1 Å². The zero-order valence-corrected chi connectivity index (χ0v) is 10.5. The number of non-ortho nitro benzene ring substituents is 2. The van der Waals surface area contributed by atoms with Crippen LogP contribution in [-0.4, -0.2) is 14.6 Å². The molecule has 0 amide bonds. The van der Waals surface area contributed by atoms with Crippen molar-refractivity contribution in [3.8, 4) is 0 Å². The Hall–Kier alpha value is -1.63. The Kier molecular flexibility index (Phi) is 3.72. The molecule has 0 unspecified atom stereocenters. The van der Waals surface area contributed by atoms with Gasteiger partial charge in [0, 0.05) is 21.8 Å². The number of thioether (sulfide) groups is 1. The standard InChI is InChI=1S/C10H12N2O4S/c1-10(2,3)17-9-5-7(11(13)14)4-8(6-9)12(15)16/h4-6H,1-3H3. The van der Waals surface area contributed by atoms with Crippen LogP contribution in [0.5, 0.6) is 0 Å². The number of benzene rings is 1. The average molecular weight is 256 g/mol. The predicted octanol–water partition coefficient (Wildman–Crippen LogP) is 3.39. The lowest BCUT2D eigenvalue weighted by molar-refractivity contribution is -0.394. The van der Waals surface area contributed by atoms with Crippen LogP contribution in [0, 0.1) is 20.2 Å². The van der Waals surface area contributed by atoms with Gasteiger partial charge in [-0.1, -0.05) is 20.8 Å². The van der Waals surface area contributed by atoms with Gasteiger partial charge in [-0.15, -0.1) is 11.8 Å². The molecule has 0 aliphatic carbocycles. The Balaban J connectivity index is 3.22. The van der Waals surface area contributed by atoms with Crippen LogP contribution in [0.4, 0.5) is 11.4 Å². The highest BCUT2D eigenvalue weighted by Crippen LogP contribution is 2.36. The molecule has 0 aliphatic rings. The van der Waals surface area contributed by atoms with Gasteiger partial charge < -0.3 is 0 Å². The largest absolute Gasteiger partial charge is 0.277 e. The third kappa shape index (κ3) is 4.03. The summed E-state index contributed by atoms with van der Waals surface area (Å²) in [4.78, 5) is 20.6. The van der Waals surface area contributed by atoms with Gasteiger partial charge in [0.05, 0.1) is 15.9 Å². The smallest absolute Gasteiger partial charge is 0.258 e. The number of hydrogen-bond acceptors (Lipinski definition) is 5. The second-order valence-electron chi connectivity index (χ2n) is 4.41. The van der Waals surface area contributed by atoms with Crippen molar-refractivity contribution >= 4 is 23.1 Å². The summed E-state index contributed by atoms with van der Waals surface area (Å²) in [5.74, 6) is 0. The van der Waals surface area contributed by atoms with Crippen molar-refractivity contribution in [2.24, 2.45) is 0 Å². The van der Waals surface area contributed by atoms with Gasteiger partial charge in [0.15, 0.2) is 0 Å². The van der Waals surface area contributed by atoms with Gasteiger partial charge in [-0.2, -0.15) is 0 Å². The summed E-state index contributed by atoms with van der Waals surface area (Å²) >= 11 is 1.35. The van der Waals surface area contributed by atoms with E-state index in [-0.39, 0.29) is 16.1 Å². The van der Waals surface area contributed by atoms with Crippen LogP contribution < -0.4 is 0 Å². The van der Waals surface area contributed by atoms with Crippen molar-refractivity contribution in [2.45, 2.75) is 30.4 Å². The van der Waals surface area contributed by atoms with Crippen molar-refractivity contribution < 1.29 is 9.85 Å². The summed E-state index contributed by atoms with van der Waals surface area (Å²) < 4.78 is -0.164. The highest BCUT2D eigenvalue weighted by atomic mass is 32.2. The summed E-state index contributed by atoms with van der Waals surface area (Å²) in [6, 6.07) is 3.67. The van der Waals surface area contributed by atoms with Gasteiger partial charge in [-0.25, -0.2) is 0 Å². The first-order valence-corrected chi connectivity index (χ1v) is 5.63. The molecular weight excluding hydrogens is 244 g/mol. The zero-order chi connectivity index (χ0) is 13.2. The topological polar surface area (TPSA) is 86.3 Å². The molecule has 0 saturated carbocycles. The van der Waals surface area contributed by atoms with Crippen molar-refractivity contribution in [1.29, 1.82) is 0 Å². The average Bonchev–Trinajstić information content (AvgIpc) is 2.14. The molecule has 0 radical (unpaired) electrons. The van der Waals surface area contributed by atoms with E-state index in [1.165, 1.54) is 23.9 Å². The minimum atomic E-state index is -0.625. The fourth-order valence-corrected chi connectivity index (χ4v) is 2.26. The molecule has 0 spiro atoms. The molecule has 7 heteroatoms. The summed E-state index contributed by atoms with van der Waals surface area (Å²) in [5.41, 5.74) is -0.517. The molecule has 0 bridgehead atoms. The predicted molar refractivity (Wildman–Crippen MR) is 65.4 cm³/mol. The van der Waals surface area contributed by atoms with Gasteiger partial charge in [0.2, 0.25) is 0 Å². The molecule has 1 aromatic rings. The van der Waals surface area contributed by atoms with Gasteiger partial charge in [-0.3, -0.25) is 20.2 Å². The summed E-state index contributed by atoms with van der Waals surface area (Å²) in [7, 11) is 0. The highest BCUT2D eigenvalue weighted by molar-refractivity contribution is 8.00. The zero-order valence-electron chi connectivity index (χ0n) is 9.67. The number of nitro benzene ring substituents is 2. The lowest BCUT2D eigenvalue weighted by Crippen LogP contribution is -2.06. The van der Waals surface area contributed by atoms with E-state index in [1.807, 2.05) is 20.8 Å². The molecule has 6 nitrogen and oxygen atoms in total. The Labute approximate surface area is 102 Å². The summed E-state index contributed by atoms with van der Waals surface area (Å²) in [6.45, 7) is 5.80. The Morgan fingerprint density at radius 2 is 1.41 bits per heavy atom. The van der Waals surface area contributed by atoms with Gasteiger partial charge >= 0.3 is 0 Å². The Morgan fingerprint density at radius 1 is 1.00 bits per heavy atom. The molecule has 1 rings (SSSR count). The quantitative estimate of drug-likeness (QED) is 0.470. The fraction of sp³-hybridized carbons (Fsp3) is 0.400. The van der Waals surface area contributed by atoms with Crippen molar-refractivity contribution in [3.05, 3.63) is 38.4 Å². The van der Waals surface area contributed by atoms with Crippen LogP contribution in [0.2, 0.25) is 0 Å². The van der Waals surface area contributed by atoms with Crippen LogP contribution in [0.25, 0.3) is 0 Å². The van der Waals surface area contributed by atoms with E-state index in [4.69, 9.17) is 0 Å². The Bertz CT molecular complexity index is 436. The van der Waals surface area contributed by atoms with E-state index in [0.29, 0.717) is 4.90 Å². The van der Waals surface area contributed by atoms with E-state index < -0.39 is 9.85 Å². The van der Waals surface area contributed by atoms with Gasteiger partial charge in [-0.05, 0) is 0 Å². The molecule has 0 atom stereocenters. The number of nitrogens with zero attached hydrogens (tertiary/aromatic N) is 2. The maximum absolute atomic E-state index is 10.7. The molecule has 0 heterocycles. The first-order chi connectivity index (χ1) is 7.69. The van der Waals surface area contributed by atoms with Crippen molar-refractivity contribution in [1.82, 2.24) is 0 Å². The van der Waals surface area contributed by atoms with Crippen molar-refractivity contribution in [2.75, 3.05) is 0 Å². The Morgan fingerprint density at radius 3 is 1.71 bits per heavy atom. The third-order valence-corrected chi connectivity index (χ3v) is 2.81. The molecule has 1 aromatic carbocycles. The van der Waals surface area contributed by atoms with Crippen LogP contribution >= 0.6 is 11.8 Å². The first-order valence-electron chi connectivity index (χ1n) is 4.82. The van der Waals surface area contributed by atoms with E-state index in [9.17, 15) is 20.2 Å². The third-order valence-electron chi connectivity index (χ3n) is 1.72. The molecule has 0 N–H and O–H groups in total. The first kappa shape index (κ1) is 13.4. The van der Waals surface area contributed by atoms with E-state index in [0.717, 1.165) is 6.07 Å². The lowest BCUT2D eigenvalue weighted by Gasteiger charge is -2.16. The maximum Gasteiger partial charge on any atom is 0.277 e. The molecule has 0 saturated heterocycles. The number of hydrogen-bond donors (Lipinski definition) is 0. The van der Waals surface area contributed by atoms with Crippen LogP contribution in [0.3, 0.4) is 0 Å². The maximum atomic E-state index is 10.7. The number of nitro groups is 2. The van der Waals surface area contributed by atoms with Gasteiger partial charge in [0.1, 0.15) is 0 Å². The van der Waals surface area contributed by atoms with E-state index in [2.05, 4.69) is 0 Å². The molecule has 92 valence electrons. The summed E-state index contributed by atoms with van der Waals surface area (Å²) in [5, 5.41) is 21.3.